The van der Waals surface area contributed by atoms with E-state index in [1.54, 1.807) is 48.5 Å². The van der Waals surface area contributed by atoms with Gasteiger partial charge in [0.15, 0.2) is 0 Å². The van der Waals surface area contributed by atoms with Crippen LogP contribution in [0.2, 0.25) is 10.0 Å². The number of nitrogens with zero attached hydrogens (tertiary/aromatic N) is 1. The molecular weight excluding hydrogens is 443 g/mol. The van der Waals surface area contributed by atoms with E-state index in [0.29, 0.717) is 27.0 Å². The van der Waals surface area contributed by atoms with Gasteiger partial charge in [0, 0.05) is 30.4 Å². The SMILES string of the molecule is O=C(C=Cc1cccc(Cl)c1Cl)Nc1ccc(NC(=O)CCN2C(=O)CNC2=O)cc1. The fourth-order valence-electron chi connectivity index (χ4n) is 2.75. The third-order valence-electron chi connectivity index (χ3n) is 4.33. The van der Waals surface area contributed by atoms with E-state index >= 15 is 0 Å². The summed E-state index contributed by atoms with van der Waals surface area (Å²) in [6.07, 6.45) is 2.88. The van der Waals surface area contributed by atoms with Gasteiger partial charge in [0.1, 0.15) is 0 Å². The van der Waals surface area contributed by atoms with Gasteiger partial charge in [-0.15, -0.1) is 0 Å². The van der Waals surface area contributed by atoms with Crippen molar-refractivity contribution in [2.75, 3.05) is 23.7 Å². The van der Waals surface area contributed by atoms with Crippen molar-refractivity contribution in [3.8, 4) is 0 Å². The molecule has 1 aliphatic rings. The summed E-state index contributed by atoms with van der Waals surface area (Å²) in [6, 6.07) is 11.1. The predicted molar refractivity (Wildman–Crippen MR) is 119 cm³/mol. The fraction of sp³-hybridized carbons (Fsp3) is 0.143. The van der Waals surface area contributed by atoms with Gasteiger partial charge in [-0.1, -0.05) is 35.3 Å². The summed E-state index contributed by atoms with van der Waals surface area (Å²) in [5, 5.41) is 8.52. The monoisotopic (exact) mass is 460 g/mol. The molecule has 0 radical (unpaired) electrons. The molecule has 0 aliphatic carbocycles. The minimum Gasteiger partial charge on any atom is -0.329 e. The van der Waals surface area contributed by atoms with Crippen LogP contribution in [0.3, 0.4) is 0 Å². The van der Waals surface area contributed by atoms with Crippen molar-refractivity contribution < 1.29 is 19.2 Å². The number of anilines is 2. The maximum Gasteiger partial charge on any atom is 0.324 e. The predicted octanol–water partition coefficient (Wildman–Crippen LogP) is 3.53. The Balaban J connectivity index is 1.49. The molecule has 0 spiro atoms. The van der Waals surface area contributed by atoms with Gasteiger partial charge >= 0.3 is 6.03 Å². The normalized spacial score (nSPS) is 13.4. The third-order valence-corrected chi connectivity index (χ3v) is 5.16. The van der Waals surface area contributed by atoms with Crippen molar-refractivity contribution in [3.63, 3.8) is 0 Å². The van der Waals surface area contributed by atoms with Crippen molar-refractivity contribution >= 4 is 64.4 Å². The molecule has 10 heteroatoms. The number of rotatable bonds is 7. The maximum absolute atomic E-state index is 12.1. The molecule has 3 N–H and O–H groups in total. The van der Waals surface area contributed by atoms with Gasteiger partial charge in [0.05, 0.1) is 16.6 Å². The Labute approximate surface area is 188 Å². The molecule has 160 valence electrons. The van der Waals surface area contributed by atoms with E-state index in [1.807, 2.05) is 0 Å². The van der Waals surface area contributed by atoms with E-state index in [1.165, 1.54) is 6.08 Å². The topological polar surface area (TPSA) is 108 Å². The summed E-state index contributed by atoms with van der Waals surface area (Å²) in [4.78, 5) is 48.1. The van der Waals surface area contributed by atoms with Gasteiger partial charge in [0.2, 0.25) is 17.7 Å². The number of hydrogen-bond donors (Lipinski definition) is 3. The van der Waals surface area contributed by atoms with Gasteiger partial charge in [-0.2, -0.15) is 0 Å². The first kappa shape index (κ1) is 22.3. The molecule has 0 aromatic heterocycles. The van der Waals surface area contributed by atoms with Crippen LogP contribution in [0.1, 0.15) is 12.0 Å². The van der Waals surface area contributed by atoms with Crippen molar-refractivity contribution in [1.29, 1.82) is 0 Å². The molecule has 1 saturated heterocycles. The number of benzene rings is 2. The smallest absolute Gasteiger partial charge is 0.324 e. The zero-order chi connectivity index (χ0) is 22.4. The molecule has 31 heavy (non-hydrogen) atoms. The number of hydrogen-bond acceptors (Lipinski definition) is 4. The van der Waals surface area contributed by atoms with Gasteiger partial charge in [-0.3, -0.25) is 19.3 Å². The number of halogens is 2. The number of amides is 5. The molecule has 1 fully saturated rings. The van der Waals surface area contributed by atoms with Gasteiger partial charge in [-0.25, -0.2) is 4.79 Å². The van der Waals surface area contributed by atoms with E-state index < -0.39 is 6.03 Å². The lowest BCUT2D eigenvalue weighted by Gasteiger charge is -2.12. The fourth-order valence-corrected chi connectivity index (χ4v) is 3.12. The van der Waals surface area contributed by atoms with Crippen molar-refractivity contribution in [2.45, 2.75) is 6.42 Å². The van der Waals surface area contributed by atoms with Crippen LogP contribution >= 0.6 is 23.2 Å². The lowest BCUT2D eigenvalue weighted by Crippen LogP contribution is -2.33. The highest BCUT2D eigenvalue weighted by molar-refractivity contribution is 6.42. The number of imide groups is 1. The third kappa shape index (κ3) is 6.07. The van der Waals surface area contributed by atoms with Crippen LogP contribution in [0.4, 0.5) is 16.2 Å². The van der Waals surface area contributed by atoms with Crippen molar-refractivity contribution in [2.24, 2.45) is 0 Å². The highest BCUT2D eigenvalue weighted by Gasteiger charge is 2.28. The first-order chi connectivity index (χ1) is 14.8. The zero-order valence-electron chi connectivity index (χ0n) is 16.2. The average Bonchev–Trinajstić information content (AvgIpc) is 3.06. The second-order valence-corrected chi connectivity index (χ2v) is 7.33. The summed E-state index contributed by atoms with van der Waals surface area (Å²) in [5.74, 6) is -1.06. The first-order valence-corrected chi connectivity index (χ1v) is 10.0. The van der Waals surface area contributed by atoms with Crippen LogP contribution in [0.25, 0.3) is 6.08 Å². The van der Waals surface area contributed by atoms with Gasteiger partial charge < -0.3 is 16.0 Å². The second kappa shape index (κ2) is 10.1. The molecule has 0 bridgehead atoms. The van der Waals surface area contributed by atoms with Crippen LogP contribution in [-0.2, 0) is 14.4 Å². The van der Waals surface area contributed by atoms with Crippen LogP contribution in [0, 0.1) is 0 Å². The molecule has 1 heterocycles. The molecule has 1 aliphatic heterocycles. The molecule has 2 aromatic rings. The minimum absolute atomic E-state index is 0.00756. The van der Waals surface area contributed by atoms with E-state index in [-0.39, 0.29) is 37.2 Å². The zero-order valence-corrected chi connectivity index (χ0v) is 17.7. The summed E-state index contributed by atoms with van der Waals surface area (Å²) < 4.78 is 0. The number of urea groups is 1. The molecule has 3 rings (SSSR count). The van der Waals surface area contributed by atoms with Crippen LogP contribution in [-0.4, -0.2) is 41.7 Å². The molecule has 2 aromatic carbocycles. The highest BCUT2D eigenvalue weighted by atomic mass is 35.5. The summed E-state index contributed by atoms with van der Waals surface area (Å²) >= 11 is 12.0. The Bertz CT molecular complexity index is 1040. The number of carbonyl (C=O) groups excluding carboxylic acids is 4. The first-order valence-electron chi connectivity index (χ1n) is 9.24. The Morgan fingerprint density at radius 1 is 1.03 bits per heavy atom. The van der Waals surface area contributed by atoms with E-state index in [0.717, 1.165) is 4.90 Å². The largest absolute Gasteiger partial charge is 0.329 e. The molecule has 8 nitrogen and oxygen atoms in total. The quantitative estimate of drug-likeness (QED) is 0.433. The highest BCUT2D eigenvalue weighted by Crippen LogP contribution is 2.26. The molecule has 0 unspecified atom stereocenters. The van der Waals surface area contributed by atoms with Gasteiger partial charge in [0.25, 0.3) is 0 Å². The lowest BCUT2D eigenvalue weighted by molar-refractivity contribution is -0.125. The van der Waals surface area contributed by atoms with Crippen molar-refractivity contribution in [1.82, 2.24) is 10.2 Å². The number of nitrogens with one attached hydrogen (secondary N) is 3. The maximum atomic E-state index is 12.1. The Kier molecular flexibility index (Phi) is 7.28. The van der Waals surface area contributed by atoms with Crippen molar-refractivity contribution in [3.05, 3.63) is 64.1 Å². The van der Waals surface area contributed by atoms with E-state index in [2.05, 4.69) is 16.0 Å². The minimum atomic E-state index is -0.496. The molecular formula is C21H18Cl2N4O4. The second-order valence-electron chi connectivity index (χ2n) is 6.55. The number of carbonyl (C=O) groups is 4. The Morgan fingerprint density at radius 2 is 1.71 bits per heavy atom. The molecule has 0 saturated carbocycles. The van der Waals surface area contributed by atoms with E-state index in [9.17, 15) is 19.2 Å². The molecule has 0 atom stereocenters. The van der Waals surface area contributed by atoms with Gasteiger partial charge in [-0.05, 0) is 42.0 Å². The van der Waals surface area contributed by atoms with E-state index in [4.69, 9.17) is 23.2 Å². The standard InChI is InChI=1S/C21H18Cl2N4O4/c22-16-3-1-2-13(20(16)23)4-9-17(28)25-14-5-7-15(8-6-14)26-18(29)10-11-27-19(30)12-24-21(27)31/h1-9H,10-12H2,(H,24,31)(H,25,28)(H,26,29). The van der Waals surface area contributed by atoms with Crippen LogP contribution in [0.5, 0.6) is 0 Å². The summed E-state index contributed by atoms with van der Waals surface area (Å²) in [7, 11) is 0. The summed E-state index contributed by atoms with van der Waals surface area (Å²) in [5.41, 5.74) is 1.67. The Morgan fingerprint density at radius 3 is 2.35 bits per heavy atom. The molecule has 5 amide bonds. The summed E-state index contributed by atoms with van der Waals surface area (Å²) in [6.45, 7) is -0.0391. The van der Waals surface area contributed by atoms with Crippen LogP contribution in [0.15, 0.2) is 48.5 Å². The van der Waals surface area contributed by atoms with Crippen LogP contribution < -0.4 is 16.0 Å². The Hall–Kier alpha value is -3.36. The average molecular weight is 461 g/mol. The lowest BCUT2D eigenvalue weighted by atomic mass is 10.2.